The first-order valence-corrected chi connectivity index (χ1v) is 11.4. The maximum absolute atomic E-state index is 13.3. The van der Waals surface area contributed by atoms with Crippen LogP contribution < -0.4 is 4.72 Å². The standard InChI is InChI=1S/C26H28N2OS/c1-20(2)18-25(28-30(29)24-16-14-21(3)15-17-24)26(19-27,22-10-6-4-7-11-22)23-12-8-5-9-13-23/h4-17,20,25,28H,18H2,1-3H3/t25-,30?/m0/s1. The third-order valence-corrected chi connectivity index (χ3v) is 6.55. The minimum atomic E-state index is -1.43. The molecule has 0 spiro atoms. The van der Waals surface area contributed by atoms with Gasteiger partial charge in [-0.1, -0.05) is 92.2 Å². The van der Waals surface area contributed by atoms with Gasteiger partial charge in [-0.25, -0.2) is 8.93 Å². The summed E-state index contributed by atoms with van der Waals surface area (Å²) in [6, 6.07) is 29.6. The van der Waals surface area contributed by atoms with E-state index in [1.165, 1.54) is 0 Å². The van der Waals surface area contributed by atoms with E-state index in [0.29, 0.717) is 17.2 Å². The Kier molecular flexibility index (Phi) is 7.20. The second-order valence-corrected chi connectivity index (χ2v) is 9.28. The Morgan fingerprint density at radius 3 is 1.83 bits per heavy atom. The highest BCUT2D eigenvalue weighted by Gasteiger charge is 2.43. The van der Waals surface area contributed by atoms with Gasteiger partial charge in [0.25, 0.3) is 0 Å². The fourth-order valence-electron chi connectivity index (χ4n) is 3.82. The van der Waals surface area contributed by atoms with E-state index in [9.17, 15) is 9.47 Å². The number of nitriles is 1. The van der Waals surface area contributed by atoms with Crippen molar-refractivity contribution in [1.82, 2.24) is 4.72 Å². The zero-order valence-corrected chi connectivity index (χ0v) is 18.5. The maximum atomic E-state index is 13.3. The van der Waals surface area contributed by atoms with Crippen molar-refractivity contribution in [3.8, 4) is 6.07 Å². The van der Waals surface area contributed by atoms with Crippen molar-refractivity contribution in [3.05, 3.63) is 102 Å². The van der Waals surface area contributed by atoms with Crippen LogP contribution in [-0.4, -0.2) is 10.3 Å². The summed E-state index contributed by atoms with van der Waals surface area (Å²) in [7, 11) is -1.43. The Morgan fingerprint density at radius 1 is 0.900 bits per heavy atom. The van der Waals surface area contributed by atoms with E-state index in [0.717, 1.165) is 16.7 Å². The Hall–Kier alpha value is -2.74. The summed E-state index contributed by atoms with van der Waals surface area (Å²) in [6.07, 6.45) is 0.703. The third-order valence-electron chi connectivity index (χ3n) is 5.35. The number of hydrogen-bond acceptors (Lipinski definition) is 2. The van der Waals surface area contributed by atoms with Crippen LogP contribution in [0, 0.1) is 24.2 Å². The molecule has 0 amide bonds. The summed E-state index contributed by atoms with van der Waals surface area (Å²) in [6.45, 7) is 6.26. The number of benzene rings is 3. The number of nitrogens with one attached hydrogen (secondary N) is 1. The molecule has 0 saturated heterocycles. The van der Waals surface area contributed by atoms with Crippen molar-refractivity contribution in [2.75, 3.05) is 0 Å². The van der Waals surface area contributed by atoms with Gasteiger partial charge in [-0.2, -0.15) is 5.26 Å². The van der Waals surface area contributed by atoms with Crippen molar-refractivity contribution in [1.29, 1.82) is 5.26 Å². The maximum Gasteiger partial charge on any atom is 0.125 e. The molecule has 0 aliphatic rings. The molecule has 2 atom stereocenters. The summed E-state index contributed by atoms with van der Waals surface area (Å²) < 4.78 is 16.6. The molecule has 154 valence electrons. The van der Waals surface area contributed by atoms with Gasteiger partial charge in [0.2, 0.25) is 0 Å². The molecule has 0 heterocycles. The molecule has 1 unspecified atom stereocenters. The van der Waals surface area contributed by atoms with Crippen LogP contribution in [0.5, 0.6) is 0 Å². The number of nitrogens with zero attached hydrogens (tertiary/aromatic N) is 1. The quantitative estimate of drug-likeness (QED) is 0.525. The van der Waals surface area contributed by atoms with Gasteiger partial charge in [-0.15, -0.1) is 0 Å². The average molecular weight is 417 g/mol. The Labute approximate surface area is 182 Å². The van der Waals surface area contributed by atoms with Gasteiger partial charge in [0.15, 0.2) is 0 Å². The summed E-state index contributed by atoms with van der Waals surface area (Å²) in [5.74, 6) is 0.317. The molecular formula is C26H28N2OS. The van der Waals surface area contributed by atoms with Crippen LogP contribution in [-0.2, 0) is 16.4 Å². The number of aryl methyl sites for hydroxylation is 1. The van der Waals surface area contributed by atoms with Crippen LogP contribution in [0.25, 0.3) is 0 Å². The minimum Gasteiger partial charge on any atom is -0.237 e. The van der Waals surface area contributed by atoms with Crippen LogP contribution in [0.3, 0.4) is 0 Å². The van der Waals surface area contributed by atoms with E-state index in [-0.39, 0.29) is 6.04 Å². The molecule has 0 radical (unpaired) electrons. The Bertz CT molecular complexity index is 969. The first-order valence-electron chi connectivity index (χ1n) is 10.2. The predicted octanol–water partition coefficient (Wildman–Crippen LogP) is 5.53. The molecule has 0 saturated carbocycles. The summed E-state index contributed by atoms with van der Waals surface area (Å²) in [5, 5.41) is 10.6. The molecule has 0 aliphatic heterocycles. The first-order chi connectivity index (χ1) is 14.5. The fourth-order valence-corrected chi connectivity index (χ4v) is 4.87. The van der Waals surface area contributed by atoms with Gasteiger partial charge in [-0.3, -0.25) is 0 Å². The first kappa shape index (κ1) is 22.0. The monoisotopic (exact) mass is 416 g/mol. The van der Waals surface area contributed by atoms with Crippen LogP contribution in [0.4, 0.5) is 0 Å². The van der Waals surface area contributed by atoms with Gasteiger partial charge in [0.05, 0.1) is 11.0 Å². The van der Waals surface area contributed by atoms with Crippen LogP contribution >= 0.6 is 0 Å². The zero-order chi connectivity index (χ0) is 21.6. The van der Waals surface area contributed by atoms with Crippen LogP contribution in [0.1, 0.15) is 37.0 Å². The highest BCUT2D eigenvalue weighted by Crippen LogP contribution is 2.38. The van der Waals surface area contributed by atoms with Crippen molar-refractivity contribution in [3.63, 3.8) is 0 Å². The van der Waals surface area contributed by atoms with Gasteiger partial charge in [0.1, 0.15) is 16.4 Å². The van der Waals surface area contributed by atoms with E-state index in [2.05, 4.69) is 24.6 Å². The SMILES string of the molecule is Cc1ccc(S(=O)N[C@@H](CC(C)C)C(C#N)(c2ccccc2)c2ccccc2)cc1. The molecule has 30 heavy (non-hydrogen) atoms. The molecule has 3 aromatic carbocycles. The topological polar surface area (TPSA) is 52.9 Å². The van der Waals surface area contributed by atoms with E-state index in [4.69, 9.17) is 0 Å². The lowest BCUT2D eigenvalue weighted by atomic mass is 9.68. The van der Waals surface area contributed by atoms with E-state index in [1.54, 1.807) is 0 Å². The predicted molar refractivity (Wildman–Crippen MR) is 123 cm³/mol. The van der Waals surface area contributed by atoms with Gasteiger partial charge in [-0.05, 0) is 42.5 Å². The molecule has 0 aliphatic carbocycles. The molecule has 3 nitrogen and oxygen atoms in total. The van der Waals surface area contributed by atoms with Crippen LogP contribution in [0.15, 0.2) is 89.8 Å². The molecule has 3 aromatic rings. The highest BCUT2D eigenvalue weighted by atomic mass is 32.2. The Balaban J connectivity index is 2.12. The molecule has 0 fully saturated rings. The second kappa shape index (κ2) is 9.84. The normalized spacial score (nSPS) is 13.6. The average Bonchev–Trinajstić information content (AvgIpc) is 2.76. The molecular weight excluding hydrogens is 388 g/mol. The van der Waals surface area contributed by atoms with Crippen molar-refractivity contribution in [2.45, 2.75) is 43.5 Å². The van der Waals surface area contributed by atoms with Crippen molar-refractivity contribution in [2.24, 2.45) is 5.92 Å². The van der Waals surface area contributed by atoms with Gasteiger partial charge in [0, 0.05) is 6.04 Å². The van der Waals surface area contributed by atoms with E-state index < -0.39 is 16.4 Å². The highest BCUT2D eigenvalue weighted by molar-refractivity contribution is 7.83. The Morgan fingerprint density at radius 2 is 1.40 bits per heavy atom. The lowest BCUT2D eigenvalue weighted by Gasteiger charge is -2.37. The van der Waals surface area contributed by atoms with Crippen molar-refractivity contribution >= 4 is 11.0 Å². The molecule has 0 bridgehead atoms. The van der Waals surface area contributed by atoms with Gasteiger partial charge < -0.3 is 0 Å². The largest absolute Gasteiger partial charge is 0.237 e. The van der Waals surface area contributed by atoms with Crippen molar-refractivity contribution < 1.29 is 4.21 Å². The van der Waals surface area contributed by atoms with Crippen LogP contribution in [0.2, 0.25) is 0 Å². The lowest BCUT2D eigenvalue weighted by molar-refractivity contribution is 0.387. The number of rotatable bonds is 8. The summed E-state index contributed by atoms with van der Waals surface area (Å²) in [5.41, 5.74) is 1.96. The second-order valence-electron chi connectivity index (χ2n) is 8.03. The van der Waals surface area contributed by atoms with E-state index >= 15 is 0 Å². The zero-order valence-electron chi connectivity index (χ0n) is 17.7. The van der Waals surface area contributed by atoms with E-state index in [1.807, 2.05) is 91.9 Å². The molecule has 4 heteroatoms. The lowest BCUT2D eigenvalue weighted by Crippen LogP contribution is -2.49. The number of hydrogen-bond donors (Lipinski definition) is 1. The molecule has 0 aromatic heterocycles. The molecule has 3 rings (SSSR count). The minimum absolute atomic E-state index is 0.317. The fraction of sp³-hybridized carbons (Fsp3) is 0.269. The third kappa shape index (κ3) is 4.70. The smallest absolute Gasteiger partial charge is 0.125 e. The van der Waals surface area contributed by atoms with Gasteiger partial charge >= 0.3 is 0 Å². The summed E-state index contributed by atoms with van der Waals surface area (Å²) in [4.78, 5) is 0.710. The summed E-state index contributed by atoms with van der Waals surface area (Å²) >= 11 is 0. The molecule has 1 N–H and O–H groups in total.